The lowest BCUT2D eigenvalue weighted by molar-refractivity contribution is -0.274. The number of nitrogens with zero attached hydrogens (tertiary/aromatic N) is 1. The van der Waals surface area contributed by atoms with Crippen LogP contribution >= 0.6 is 0 Å². The second-order valence-corrected chi connectivity index (χ2v) is 5.02. The first-order chi connectivity index (χ1) is 10.8. The van der Waals surface area contributed by atoms with Crippen LogP contribution in [0.1, 0.15) is 11.6 Å². The molecule has 0 amide bonds. The SMILES string of the molecule is COc1ccc(OC(F)(F)F)cc1[C@@H](C(F)F)N1CCNCC1. The minimum atomic E-state index is -4.89. The van der Waals surface area contributed by atoms with Gasteiger partial charge in [-0.1, -0.05) is 0 Å². The maximum atomic E-state index is 13.6. The molecule has 0 radical (unpaired) electrons. The third-order valence-electron chi connectivity index (χ3n) is 3.54. The molecule has 4 nitrogen and oxygen atoms in total. The molecule has 1 atom stereocenters. The summed E-state index contributed by atoms with van der Waals surface area (Å²) in [5.41, 5.74) is -0.0221. The molecular weight excluding hydrogens is 323 g/mol. The summed E-state index contributed by atoms with van der Waals surface area (Å²) in [5, 5.41) is 3.04. The van der Waals surface area contributed by atoms with Gasteiger partial charge in [0.1, 0.15) is 17.5 Å². The zero-order valence-electron chi connectivity index (χ0n) is 12.4. The highest BCUT2D eigenvalue weighted by Gasteiger charge is 2.35. The fourth-order valence-corrected chi connectivity index (χ4v) is 2.59. The van der Waals surface area contributed by atoms with Gasteiger partial charge < -0.3 is 14.8 Å². The van der Waals surface area contributed by atoms with Crippen LogP contribution in [-0.2, 0) is 0 Å². The number of halogens is 5. The van der Waals surface area contributed by atoms with Gasteiger partial charge in [-0.2, -0.15) is 0 Å². The largest absolute Gasteiger partial charge is 0.573 e. The minimum absolute atomic E-state index is 0.0221. The summed E-state index contributed by atoms with van der Waals surface area (Å²) >= 11 is 0. The lowest BCUT2D eigenvalue weighted by Gasteiger charge is -2.35. The van der Waals surface area contributed by atoms with Gasteiger partial charge in [-0.3, -0.25) is 4.90 Å². The second kappa shape index (κ2) is 7.31. The van der Waals surface area contributed by atoms with Crippen LogP contribution in [0.5, 0.6) is 11.5 Å². The Labute approximate surface area is 130 Å². The van der Waals surface area contributed by atoms with Gasteiger partial charge >= 0.3 is 6.36 Å². The molecule has 1 heterocycles. The van der Waals surface area contributed by atoms with E-state index >= 15 is 0 Å². The first-order valence-electron chi connectivity index (χ1n) is 6.98. The van der Waals surface area contributed by atoms with Gasteiger partial charge in [-0.15, -0.1) is 13.2 Å². The molecule has 1 aromatic carbocycles. The first-order valence-corrected chi connectivity index (χ1v) is 6.98. The van der Waals surface area contributed by atoms with Crippen molar-refractivity contribution >= 4 is 0 Å². The Morgan fingerprint density at radius 1 is 1.17 bits per heavy atom. The summed E-state index contributed by atoms with van der Waals surface area (Å²) in [4.78, 5) is 1.52. The van der Waals surface area contributed by atoms with E-state index in [2.05, 4.69) is 10.1 Å². The van der Waals surface area contributed by atoms with Crippen molar-refractivity contribution in [1.29, 1.82) is 0 Å². The molecule has 1 N–H and O–H groups in total. The van der Waals surface area contributed by atoms with Crippen molar-refractivity contribution in [3.63, 3.8) is 0 Å². The van der Waals surface area contributed by atoms with Crippen LogP contribution in [0.15, 0.2) is 18.2 Å². The van der Waals surface area contributed by atoms with Gasteiger partial charge in [0.15, 0.2) is 0 Å². The lowest BCUT2D eigenvalue weighted by Crippen LogP contribution is -2.47. The number of rotatable bonds is 5. The van der Waals surface area contributed by atoms with Crippen LogP contribution in [0.25, 0.3) is 0 Å². The standard InChI is InChI=1S/C14H17F5N2O2/c1-22-11-3-2-9(23-14(17,18)19)8-10(11)12(13(15)16)21-6-4-20-5-7-21/h2-3,8,12-13,20H,4-7H2,1H3/t12-/m0/s1. The number of benzene rings is 1. The van der Waals surface area contributed by atoms with Crippen LogP contribution in [0, 0.1) is 0 Å². The van der Waals surface area contributed by atoms with Crippen LogP contribution in [-0.4, -0.2) is 51.0 Å². The van der Waals surface area contributed by atoms with E-state index in [1.807, 2.05) is 0 Å². The van der Waals surface area contributed by atoms with Gasteiger partial charge in [0, 0.05) is 31.7 Å². The average molecular weight is 340 g/mol. The Morgan fingerprint density at radius 2 is 1.83 bits per heavy atom. The second-order valence-electron chi connectivity index (χ2n) is 5.02. The molecule has 23 heavy (non-hydrogen) atoms. The number of alkyl halides is 5. The highest BCUT2D eigenvalue weighted by atomic mass is 19.4. The number of hydrogen-bond donors (Lipinski definition) is 1. The van der Waals surface area contributed by atoms with Crippen molar-refractivity contribution in [2.75, 3.05) is 33.3 Å². The molecule has 1 aliphatic heterocycles. The zero-order chi connectivity index (χ0) is 17.0. The predicted octanol–water partition coefficient (Wildman–Crippen LogP) is 2.81. The number of methoxy groups -OCH3 is 1. The minimum Gasteiger partial charge on any atom is -0.496 e. The number of hydrogen-bond acceptors (Lipinski definition) is 4. The Hall–Kier alpha value is -1.61. The summed E-state index contributed by atoms with van der Waals surface area (Å²) in [6.07, 6.45) is -7.66. The van der Waals surface area contributed by atoms with Crippen LogP contribution in [0.2, 0.25) is 0 Å². The average Bonchev–Trinajstić information content (AvgIpc) is 2.47. The molecule has 9 heteroatoms. The van der Waals surface area contributed by atoms with Crippen molar-refractivity contribution in [3.05, 3.63) is 23.8 Å². The van der Waals surface area contributed by atoms with Crippen molar-refractivity contribution in [2.45, 2.75) is 18.8 Å². The fraction of sp³-hybridized carbons (Fsp3) is 0.571. The van der Waals surface area contributed by atoms with E-state index in [1.165, 1.54) is 18.1 Å². The van der Waals surface area contributed by atoms with E-state index in [0.717, 1.165) is 12.1 Å². The van der Waals surface area contributed by atoms with Crippen molar-refractivity contribution in [3.8, 4) is 11.5 Å². The number of ether oxygens (including phenoxy) is 2. The lowest BCUT2D eigenvalue weighted by atomic mass is 10.0. The van der Waals surface area contributed by atoms with Gasteiger partial charge in [0.05, 0.1) is 7.11 Å². The summed E-state index contributed by atoms with van der Waals surface area (Å²) in [5.74, 6) is -0.447. The highest BCUT2D eigenvalue weighted by Crippen LogP contribution is 2.37. The Bertz CT molecular complexity index is 518. The molecule has 1 aromatic rings. The monoisotopic (exact) mass is 340 g/mol. The third kappa shape index (κ3) is 4.68. The molecule has 2 rings (SSSR count). The molecule has 0 bridgehead atoms. The highest BCUT2D eigenvalue weighted by molar-refractivity contribution is 5.42. The Kier molecular flexibility index (Phi) is 5.64. The van der Waals surface area contributed by atoms with E-state index in [0.29, 0.717) is 26.2 Å². The summed E-state index contributed by atoms with van der Waals surface area (Å²) in [7, 11) is 1.28. The molecular formula is C14H17F5N2O2. The maximum absolute atomic E-state index is 13.6. The Balaban J connectivity index is 2.37. The molecule has 1 fully saturated rings. The van der Waals surface area contributed by atoms with E-state index in [4.69, 9.17) is 4.74 Å². The number of nitrogens with one attached hydrogen (secondary N) is 1. The van der Waals surface area contributed by atoms with Gasteiger partial charge in [0.25, 0.3) is 6.43 Å². The molecule has 0 unspecified atom stereocenters. The smallest absolute Gasteiger partial charge is 0.496 e. The maximum Gasteiger partial charge on any atom is 0.573 e. The molecule has 1 saturated heterocycles. The van der Waals surface area contributed by atoms with E-state index in [9.17, 15) is 22.0 Å². The van der Waals surface area contributed by atoms with E-state index in [-0.39, 0.29) is 11.3 Å². The molecule has 0 saturated carbocycles. The van der Waals surface area contributed by atoms with Crippen molar-refractivity contribution < 1.29 is 31.4 Å². The van der Waals surface area contributed by atoms with Crippen molar-refractivity contribution in [2.24, 2.45) is 0 Å². The van der Waals surface area contributed by atoms with E-state index in [1.54, 1.807) is 0 Å². The normalized spacial score (nSPS) is 18.0. The summed E-state index contributed by atoms with van der Waals surface area (Å²) < 4.78 is 73.1. The zero-order valence-corrected chi connectivity index (χ0v) is 12.4. The Morgan fingerprint density at radius 3 is 2.35 bits per heavy atom. The molecule has 0 aromatic heterocycles. The summed E-state index contributed by atoms with van der Waals surface area (Å²) in [6.45, 7) is 1.79. The van der Waals surface area contributed by atoms with E-state index < -0.39 is 24.6 Å². The molecule has 0 aliphatic carbocycles. The molecule has 0 spiro atoms. The molecule has 1 aliphatic rings. The summed E-state index contributed by atoms with van der Waals surface area (Å²) in [6, 6.07) is 1.85. The van der Waals surface area contributed by atoms with Crippen LogP contribution in [0.4, 0.5) is 22.0 Å². The third-order valence-corrected chi connectivity index (χ3v) is 3.54. The van der Waals surface area contributed by atoms with Gasteiger partial charge in [0.2, 0.25) is 0 Å². The van der Waals surface area contributed by atoms with Gasteiger partial charge in [-0.05, 0) is 18.2 Å². The van der Waals surface area contributed by atoms with Crippen molar-refractivity contribution in [1.82, 2.24) is 10.2 Å². The first kappa shape index (κ1) is 17.7. The fourth-order valence-electron chi connectivity index (χ4n) is 2.59. The predicted molar refractivity (Wildman–Crippen MR) is 72.9 cm³/mol. The number of piperazine rings is 1. The van der Waals surface area contributed by atoms with Crippen LogP contribution in [0.3, 0.4) is 0 Å². The quantitative estimate of drug-likeness (QED) is 0.836. The molecule has 130 valence electrons. The topological polar surface area (TPSA) is 33.7 Å². The van der Waals surface area contributed by atoms with Crippen LogP contribution < -0.4 is 14.8 Å². The van der Waals surface area contributed by atoms with Gasteiger partial charge in [-0.25, -0.2) is 8.78 Å².